The third-order valence-corrected chi connectivity index (χ3v) is 2.30. The summed E-state index contributed by atoms with van der Waals surface area (Å²) in [6.07, 6.45) is 1.76. The van der Waals surface area contributed by atoms with Crippen LogP contribution in [0.15, 0.2) is 18.3 Å². The van der Waals surface area contributed by atoms with Gasteiger partial charge in [0.05, 0.1) is 0 Å². The highest BCUT2D eigenvalue weighted by molar-refractivity contribution is 7.71. The Morgan fingerprint density at radius 1 is 1.50 bits per heavy atom. The minimum atomic E-state index is 0.550. The summed E-state index contributed by atoms with van der Waals surface area (Å²) in [5.74, 6) is 0.781. The van der Waals surface area contributed by atoms with Crippen molar-refractivity contribution in [2.45, 2.75) is 6.92 Å². The number of nitrogens with one attached hydrogen (secondary N) is 1. The first-order chi connectivity index (χ1) is 6.66. The van der Waals surface area contributed by atoms with Gasteiger partial charge in [0.15, 0.2) is 5.82 Å². The number of pyridine rings is 1. The fraction of sp³-hybridized carbons (Fsp3) is 0.222. The van der Waals surface area contributed by atoms with Crippen LogP contribution < -0.4 is 0 Å². The molecule has 0 aliphatic heterocycles. The summed E-state index contributed by atoms with van der Waals surface area (Å²) in [4.78, 5) is 8.34. The van der Waals surface area contributed by atoms with Gasteiger partial charge in [-0.1, -0.05) is 0 Å². The molecule has 5 heteroatoms. The Morgan fingerprint density at radius 3 is 2.86 bits per heavy atom. The zero-order valence-electron chi connectivity index (χ0n) is 7.98. The lowest BCUT2D eigenvalue weighted by atomic mass is 10.2. The number of H-pyrrole nitrogens is 1. The summed E-state index contributed by atoms with van der Waals surface area (Å²) in [5.41, 5.74) is 1.97. The molecule has 0 spiro atoms. The Bertz CT molecular complexity index is 512. The van der Waals surface area contributed by atoms with Crippen LogP contribution in [0.3, 0.4) is 0 Å². The standard InChI is InChI=1S/C9H10N4S/c1-6-5-7(3-4-10-6)8-11-9(14)13(2)12-8/h3-5H,1-2H3,(H,11,12,14). The molecule has 0 aliphatic carbocycles. The molecule has 2 heterocycles. The predicted octanol–water partition coefficient (Wildman–Crippen LogP) is 1.85. The van der Waals surface area contributed by atoms with Crippen molar-refractivity contribution in [3.05, 3.63) is 28.8 Å². The van der Waals surface area contributed by atoms with E-state index in [1.54, 1.807) is 10.9 Å². The number of hydrogen-bond acceptors (Lipinski definition) is 3. The Morgan fingerprint density at radius 2 is 2.29 bits per heavy atom. The van der Waals surface area contributed by atoms with Crippen LogP contribution in [0.2, 0.25) is 0 Å². The van der Waals surface area contributed by atoms with Gasteiger partial charge in [-0.15, -0.1) is 0 Å². The largest absolute Gasteiger partial charge is 0.279 e. The highest BCUT2D eigenvalue weighted by atomic mass is 32.1. The van der Waals surface area contributed by atoms with E-state index in [4.69, 9.17) is 12.2 Å². The van der Waals surface area contributed by atoms with Crippen molar-refractivity contribution in [1.82, 2.24) is 19.7 Å². The fourth-order valence-electron chi connectivity index (χ4n) is 1.22. The second-order valence-electron chi connectivity index (χ2n) is 3.10. The average Bonchev–Trinajstić information content (AvgIpc) is 2.47. The maximum Gasteiger partial charge on any atom is 0.216 e. The summed E-state index contributed by atoms with van der Waals surface area (Å²) >= 11 is 5.01. The molecule has 72 valence electrons. The van der Waals surface area contributed by atoms with E-state index in [1.165, 1.54) is 0 Å². The third kappa shape index (κ3) is 1.58. The van der Waals surface area contributed by atoms with Gasteiger partial charge in [0.1, 0.15) is 0 Å². The number of aromatic nitrogens is 4. The van der Waals surface area contributed by atoms with Gasteiger partial charge in [-0.05, 0) is 31.3 Å². The van der Waals surface area contributed by atoms with Gasteiger partial charge < -0.3 is 0 Å². The average molecular weight is 206 g/mol. The van der Waals surface area contributed by atoms with Crippen molar-refractivity contribution >= 4 is 12.2 Å². The summed E-state index contributed by atoms with van der Waals surface area (Å²) in [7, 11) is 1.84. The maximum absolute atomic E-state index is 5.01. The molecule has 14 heavy (non-hydrogen) atoms. The number of aromatic amines is 1. The number of nitrogens with zero attached hydrogens (tertiary/aromatic N) is 3. The zero-order chi connectivity index (χ0) is 10.1. The first-order valence-electron chi connectivity index (χ1n) is 4.23. The lowest BCUT2D eigenvalue weighted by Gasteiger charge is -1.96. The summed E-state index contributed by atoms with van der Waals surface area (Å²) in [6, 6.07) is 3.87. The first kappa shape index (κ1) is 9.08. The van der Waals surface area contributed by atoms with Crippen LogP contribution in [0.1, 0.15) is 5.69 Å². The quantitative estimate of drug-likeness (QED) is 0.724. The minimum absolute atomic E-state index is 0.550. The Kier molecular flexibility index (Phi) is 2.17. The van der Waals surface area contributed by atoms with Gasteiger partial charge in [-0.3, -0.25) is 14.8 Å². The molecule has 4 nitrogen and oxygen atoms in total. The van der Waals surface area contributed by atoms with Gasteiger partial charge in [0.2, 0.25) is 4.77 Å². The van der Waals surface area contributed by atoms with E-state index in [2.05, 4.69) is 15.1 Å². The van der Waals surface area contributed by atoms with Crippen LogP contribution in [-0.4, -0.2) is 19.7 Å². The molecule has 0 aromatic carbocycles. The molecule has 0 fully saturated rings. The lowest BCUT2D eigenvalue weighted by molar-refractivity contribution is 0.756. The predicted molar refractivity (Wildman–Crippen MR) is 56.4 cm³/mol. The molecule has 0 saturated carbocycles. The van der Waals surface area contributed by atoms with Crippen LogP contribution in [0.4, 0.5) is 0 Å². The molecule has 0 radical (unpaired) electrons. The maximum atomic E-state index is 5.01. The van der Waals surface area contributed by atoms with Gasteiger partial charge in [-0.25, -0.2) is 0 Å². The molecule has 0 unspecified atom stereocenters. The van der Waals surface area contributed by atoms with Crippen LogP contribution in [0.5, 0.6) is 0 Å². The van der Waals surface area contributed by atoms with Gasteiger partial charge in [-0.2, -0.15) is 4.98 Å². The molecule has 2 rings (SSSR count). The van der Waals surface area contributed by atoms with Crippen molar-refractivity contribution in [2.75, 3.05) is 0 Å². The molecule has 0 bridgehead atoms. The topological polar surface area (TPSA) is 46.5 Å². The van der Waals surface area contributed by atoms with Crippen molar-refractivity contribution < 1.29 is 0 Å². The molecule has 0 atom stereocenters. The number of hydrogen-bond donors (Lipinski definition) is 1. The van der Waals surface area contributed by atoms with Crippen molar-refractivity contribution in [1.29, 1.82) is 0 Å². The van der Waals surface area contributed by atoms with E-state index in [1.807, 2.05) is 26.1 Å². The first-order valence-corrected chi connectivity index (χ1v) is 4.64. The molecule has 1 N–H and O–H groups in total. The normalized spacial score (nSPS) is 10.4. The van der Waals surface area contributed by atoms with E-state index in [9.17, 15) is 0 Å². The molecular formula is C9H10N4S. The Balaban J connectivity index is 2.54. The second kappa shape index (κ2) is 3.34. The number of rotatable bonds is 1. The zero-order valence-corrected chi connectivity index (χ0v) is 8.80. The van der Waals surface area contributed by atoms with Crippen LogP contribution >= 0.6 is 12.2 Å². The lowest BCUT2D eigenvalue weighted by Crippen LogP contribution is -1.90. The van der Waals surface area contributed by atoms with Gasteiger partial charge in [0.25, 0.3) is 0 Å². The monoisotopic (exact) mass is 206 g/mol. The van der Waals surface area contributed by atoms with Crippen molar-refractivity contribution in [3.63, 3.8) is 0 Å². The van der Waals surface area contributed by atoms with E-state index in [-0.39, 0.29) is 0 Å². The fourth-order valence-corrected chi connectivity index (χ4v) is 1.36. The molecule has 0 saturated heterocycles. The van der Waals surface area contributed by atoms with E-state index >= 15 is 0 Å². The van der Waals surface area contributed by atoms with Crippen LogP contribution in [-0.2, 0) is 7.05 Å². The van der Waals surface area contributed by atoms with Crippen molar-refractivity contribution in [2.24, 2.45) is 7.05 Å². The molecule has 2 aromatic heterocycles. The molecule has 0 aliphatic rings. The highest BCUT2D eigenvalue weighted by Crippen LogP contribution is 2.13. The van der Waals surface area contributed by atoms with E-state index in [0.717, 1.165) is 17.1 Å². The Labute approximate surface area is 86.6 Å². The minimum Gasteiger partial charge on any atom is -0.279 e. The highest BCUT2D eigenvalue weighted by Gasteiger charge is 2.02. The SMILES string of the molecule is Cc1cc(-c2nc(=S)n(C)[nH]2)ccn1. The summed E-state index contributed by atoms with van der Waals surface area (Å²) < 4.78 is 2.26. The molecular weight excluding hydrogens is 196 g/mol. The smallest absolute Gasteiger partial charge is 0.216 e. The molecule has 0 amide bonds. The summed E-state index contributed by atoms with van der Waals surface area (Å²) in [5, 5.41) is 3.06. The van der Waals surface area contributed by atoms with Gasteiger partial charge in [0, 0.05) is 24.5 Å². The summed E-state index contributed by atoms with van der Waals surface area (Å²) in [6.45, 7) is 1.95. The van der Waals surface area contributed by atoms with Crippen LogP contribution in [0.25, 0.3) is 11.4 Å². The second-order valence-corrected chi connectivity index (χ2v) is 3.46. The Hall–Kier alpha value is -1.49. The molecule has 2 aromatic rings. The van der Waals surface area contributed by atoms with Crippen molar-refractivity contribution in [3.8, 4) is 11.4 Å². The van der Waals surface area contributed by atoms with Crippen LogP contribution in [0, 0.1) is 11.7 Å². The number of aryl methyl sites for hydroxylation is 2. The van der Waals surface area contributed by atoms with Gasteiger partial charge >= 0.3 is 0 Å². The van der Waals surface area contributed by atoms with E-state index in [0.29, 0.717) is 4.77 Å². The van der Waals surface area contributed by atoms with E-state index < -0.39 is 0 Å². The third-order valence-electron chi connectivity index (χ3n) is 1.94.